The van der Waals surface area contributed by atoms with Crippen molar-refractivity contribution in [2.24, 2.45) is 5.92 Å². The maximum Gasteiger partial charge on any atom is 0.337 e. The number of aromatic carboxylic acids is 1. The van der Waals surface area contributed by atoms with Gasteiger partial charge in [0.05, 0.1) is 16.5 Å². The Morgan fingerprint density at radius 2 is 2.12 bits per heavy atom. The molecule has 1 unspecified atom stereocenters. The van der Waals surface area contributed by atoms with Crippen molar-refractivity contribution in [3.8, 4) is 0 Å². The highest BCUT2D eigenvalue weighted by Gasteiger charge is 2.37. The Morgan fingerprint density at radius 3 is 2.71 bits per heavy atom. The molecule has 0 spiro atoms. The fraction of sp³-hybridized carbons (Fsp3) is 0.429. The van der Waals surface area contributed by atoms with Crippen LogP contribution in [0.3, 0.4) is 0 Å². The molecule has 1 amide bonds. The van der Waals surface area contributed by atoms with Crippen LogP contribution in [0.5, 0.6) is 0 Å². The molecule has 2 N–H and O–H groups in total. The quantitative estimate of drug-likeness (QED) is 0.804. The third kappa shape index (κ3) is 3.52. The van der Waals surface area contributed by atoms with Crippen molar-refractivity contribution in [3.05, 3.63) is 28.5 Å². The van der Waals surface area contributed by atoms with E-state index in [2.05, 4.69) is 5.32 Å². The number of carboxylic acid groups (broad SMARTS) is 1. The van der Waals surface area contributed by atoms with Crippen LogP contribution in [0.1, 0.15) is 23.7 Å². The molecule has 1 fully saturated rings. The van der Waals surface area contributed by atoms with E-state index >= 15 is 0 Å². The highest BCUT2D eigenvalue weighted by molar-refractivity contribution is 7.89. The third-order valence-corrected chi connectivity index (χ3v) is 5.94. The number of carboxylic acids is 1. The Balaban J connectivity index is 2.33. The van der Waals surface area contributed by atoms with Gasteiger partial charge in [-0.15, -0.1) is 0 Å². The molecule has 10 heteroatoms. The first kappa shape index (κ1) is 18.6. The van der Waals surface area contributed by atoms with Crippen LogP contribution >= 0.6 is 11.6 Å². The van der Waals surface area contributed by atoms with Crippen LogP contribution in [-0.4, -0.2) is 49.3 Å². The van der Waals surface area contributed by atoms with Gasteiger partial charge in [-0.3, -0.25) is 4.79 Å². The molecule has 1 atom stereocenters. The first-order valence-corrected chi connectivity index (χ1v) is 9.00. The van der Waals surface area contributed by atoms with Gasteiger partial charge in [-0.2, -0.15) is 4.31 Å². The topological polar surface area (TPSA) is 104 Å². The fourth-order valence-electron chi connectivity index (χ4n) is 2.51. The number of halogens is 2. The van der Waals surface area contributed by atoms with Gasteiger partial charge in [0.2, 0.25) is 15.9 Å². The Labute approximate surface area is 143 Å². The molecular formula is C14H16ClFN2O5S. The van der Waals surface area contributed by atoms with Crippen LogP contribution in [0, 0.1) is 11.7 Å². The van der Waals surface area contributed by atoms with Crippen LogP contribution in [0.15, 0.2) is 17.0 Å². The van der Waals surface area contributed by atoms with Gasteiger partial charge in [0, 0.05) is 19.6 Å². The summed E-state index contributed by atoms with van der Waals surface area (Å²) in [6, 6.07) is 1.37. The lowest BCUT2D eigenvalue weighted by Crippen LogP contribution is -2.34. The van der Waals surface area contributed by atoms with Crippen LogP contribution in [-0.2, 0) is 14.8 Å². The van der Waals surface area contributed by atoms with Crippen LogP contribution in [0.2, 0.25) is 5.02 Å². The third-order valence-electron chi connectivity index (χ3n) is 3.74. The van der Waals surface area contributed by atoms with Gasteiger partial charge in [-0.05, 0) is 25.5 Å². The number of benzene rings is 1. The van der Waals surface area contributed by atoms with Crippen LogP contribution in [0.25, 0.3) is 0 Å². The van der Waals surface area contributed by atoms with Gasteiger partial charge in [0.25, 0.3) is 0 Å². The zero-order chi connectivity index (χ0) is 18.1. The molecule has 1 aromatic carbocycles. The van der Waals surface area contributed by atoms with Gasteiger partial charge in [0.15, 0.2) is 0 Å². The summed E-state index contributed by atoms with van der Waals surface area (Å²) in [5, 5.41) is 11.2. The second-order valence-electron chi connectivity index (χ2n) is 5.31. The van der Waals surface area contributed by atoms with E-state index in [0.29, 0.717) is 25.1 Å². The molecule has 1 aromatic rings. The molecule has 0 bridgehead atoms. The minimum absolute atomic E-state index is 0.0502. The van der Waals surface area contributed by atoms with E-state index in [-0.39, 0.29) is 24.0 Å². The van der Waals surface area contributed by atoms with Crippen molar-refractivity contribution < 1.29 is 27.5 Å². The average Bonchev–Trinajstić information content (AvgIpc) is 2.97. The van der Waals surface area contributed by atoms with E-state index in [4.69, 9.17) is 16.7 Å². The van der Waals surface area contributed by atoms with Crippen molar-refractivity contribution in [3.63, 3.8) is 0 Å². The minimum atomic E-state index is -4.27. The SMILES string of the molecule is CCNC(=O)C1CCN(S(=O)(=O)c2cc(C(=O)O)c(Cl)cc2F)C1. The number of carbonyl (C=O) groups excluding carboxylic acids is 1. The molecule has 2 rings (SSSR count). The van der Waals surface area contributed by atoms with Gasteiger partial charge in [0.1, 0.15) is 10.7 Å². The molecule has 7 nitrogen and oxygen atoms in total. The molecule has 1 aliphatic rings. The number of hydrogen-bond donors (Lipinski definition) is 2. The van der Waals surface area contributed by atoms with Crippen molar-refractivity contribution in [1.82, 2.24) is 9.62 Å². The van der Waals surface area contributed by atoms with E-state index in [9.17, 15) is 22.4 Å². The monoisotopic (exact) mass is 378 g/mol. The van der Waals surface area contributed by atoms with E-state index in [1.165, 1.54) is 0 Å². The van der Waals surface area contributed by atoms with Gasteiger partial charge >= 0.3 is 5.97 Å². The van der Waals surface area contributed by atoms with E-state index in [1.54, 1.807) is 6.92 Å². The fourth-order valence-corrected chi connectivity index (χ4v) is 4.31. The van der Waals surface area contributed by atoms with Crippen molar-refractivity contribution >= 4 is 33.5 Å². The number of nitrogens with one attached hydrogen (secondary N) is 1. The normalized spacial score (nSPS) is 18.5. The molecule has 1 heterocycles. The second kappa shape index (κ2) is 7.04. The Kier molecular flexibility index (Phi) is 5.46. The first-order chi connectivity index (χ1) is 11.2. The first-order valence-electron chi connectivity index (χ1n) is 7.18. The molecule has 1 aliphatic heterocycles. The lowest BCUT2D eigenvalue weighted by molar-refractivity contribution is -0.124. The molecule has 0 aliphatic carbocycles. The highest BCUT2D eigenvalue weighted by atomic mass is 35.5. The van der Waals surface area contributed by atoms with Crippen LogP contribution < -0.4 is 5.32 Å². The summed E-state index contributed by atoms with van der Waals surface area (Å²) in [7, 11) is -4.27. The number of rotatable bonds is 5. The molecule has 132 valence electrons. The van der Waals surface area contributed by atoms with Crippen molar-refractivity contribution in [2.75, 3.05) is 19.6 Å². The van der Waals surface area contributed by atoms with Crippen molar-refractivity contribution in [2.45, 2.75) is 18.2 Å². The predicted molar refractivity (Wildman–Crippen MR) is 83.9 cm³/mol. The zero-order valence-corrected chi connectivity index (χ0v) is 14.3. The molecule has 0 saturated carbocycles. The minimum Gasteiger partial charge on any atom is -0.478 e. The average molecular weight is 379 g/mol. The lowest BCUT2D eigenvalue weighted by atomic mass is 10.1. The Bertz CT molecular complexity index is 784. The maximum absolute atomic E-state index is 14.1. The molecule has 0 radical (unpaired) electrons. The number of carbonyl (C=O) groups is 2. The maximum atomic E-state index is 14.1. The zero-order valence-electron chi connectivity index (χ0n) is 12.8. The Morgan fingerprint density at radius 1 is 1.46 bits per heavy atom. The summed E-state index contributed by atoms with van der Waals surface area (Å²) < 4.78 is 40.2. The van der Waals surface area contributed by atoms with Crippen LogP contribution in [0.4, 0.5) is 4.39 Å². The van der Waals surface area contributed by atoms with Crippen molar-refractivity contribution in [1.29, 1.82) is 0 Å². The molecular weight excluding hydrogens is 363 g/mol. The number of sulfonamides is 1. The summed E-state index contributed by atoms with van der Waals surface area (Å²) in [6.07, 6.45) is 0.312. The van der Waals surface area contributed by atoms with Gasteiger partial charge in [-0.25, -0.2) is 17.6 Å². The number of hydrogen-bond acceptors (Lipinski definition) is 4. The molecule has 0 aromatic heterocycles. The van der Waals surface area contributed by atoms with Gasteiger partial charge in [-0.1, -0.05) is 11.6 Å². The second-order valence-corrected chi connectivity index (χ2v) is 7.62. The predicted octanol–water partition coefficient (Wildman–Crippen LogP) is 1.32. The summed E-state index contributed by atoms with van der Waals surface area (Å²) >= 11 is 5.62. The Hall–Kier alpha value is -1.71. The standard InChI is InChI=1S/C14H16ClFN2O5S/c1-2-17-13(19)8-3-4-18(7-8)24(22,23)12-5-9(14(20)21)10(15)6-11(12)16/h5-6,8H,2-4,7H2,1H3,(H,17,19)(H,20,21). The smallest absolute Gasteiger partial charge is 0.337 e. The van der Waals surface area contributed by atoms with E-state index < -0.39 is 38.2 Å². The van der Waals surface area contributed by atoms with E-state index in [1.807, 2.05) is 0 Å². The molecule has 1 saturated heterocycles. The summed E-state index contributed by atoms with van der Waals surface area (Å²) in [5.41, 5.74) is -0.504. The molecule has 24 heavy (non-hydrogen) atoms. The summed E-state index contributed by atoms with van der Waals surface area (Å²) in [5.74, 6) is -3.38. The summed E-state index contributed by atoms with van der Waals surface area (Å²) in [4.78, 5) is 22.1. The lowest BCUT2D eigenvalue weighted by Gasteiger charge is -2.17. The van der Waals surface area contributed by atoms with E-state index in [0.717, 1.165) is 4.31 Å². The van der Waals surface area contributed by atoms with Gasteiger partial charge < -0.3 is 10.4 Å². The number of nitrogens with zero attached hydrogens (tertiary/aromatic N) is 1. The number of amides is 1. The largest absolute Gasteiger partial charge is 0.478 e. The highest BCUT2D eigenvalue weighted by Crippen LogP contribution is 2.29. The summed E-state index contributed by atoms with van der Waals surface area (Å²) in [6.45, 7) is 2.14.